The molecule has 0 aromatic carbocycles. The van der Waals surface area contributed by atoms with Crippen LogP contribution in [-0.2, 0) is 20.7 Å². The number of amides is 1. The molecule has 6 heteroatoms. The summed E-state index contributed by atoms with van der Waals surface area (Å²) in [5.74, 6) is -0.714. The van der Waals surface area contributed by atoms with Crippen molar-refractivity contribution in [1.29, 1.82) is 0 Å². The van der Waals surface area contributed by atoms with Gasteiger partial charge in [0.25, 0.3) is 0 Å². The lowest BCUT2D eigenvalue weighted by molar-refractivity contribution is -0.144. The lowest BCUT2D eigenvalue weighted by Gasteiger charge is -2.16. The quantitative estimate of drug-likeness (QED) is 0.531. The summed E-state index contributed by atoms with van der Waals surface area (Å²) in [6.45, 7) is 2.40. The number of nitrogens with zero attached hydrogens (tertiary/aromatic N) is 1. The Balaban J connectivity index is 2.32. The molecule has 1 heterocycles. The maximum Gasteiger partial charge on any atom is 0.329 e. The van der Waals surface area contributed by atoms with E-state index in [1.807, 2.05) is 12.1 Å². The Hall–Kier alpha value is -1.95. The number of esters is 1. The Morgan fingerprint density at radius 2 is 2.26 bits per heavy atom. The molecule has 0 aliphatic heterocycles. The molecule has 0 saturated carbocycles. The summed E-state index contributed by atoms with van der Waals surface area (Å²) in [4.78, 5) is 26.4. The number of hydrogen-bond acceptors (Lipinski definition) is 5. The zero-order chi connectivity index (χ0) is 14.1. The predicted molar refractivity (Wildman–Crippen MR) is 70.4 cm³/mol. The SMILES string of the molecule is COC(=O)C(CNCCc1cccnc1)NC(C)=O. The third-order valence-electron chi connectivity index (χ3n) is 2.52. The van der Waals surface area contributed by atoms with Crippen LogP contribution >= 0.6 is 0 Å². The van der Waals surface area contributed by atoms with Crippen LogP contribution < -0.4 is 10.6 Å². The van der Waals surface area contributed by atoms with E-state index in [0.717, 1.165) is 12.0 Å². The highest BCUT2D eigenvalue weighted by Crippen LogP contribution is 1.95. The van der Waals surface area contributed by atoms with Crippen LogP contribution in [-0.4, -0.2) is 43.1 Å². The fourth-order valence-electron chi connectivity index (χ4n) is 1.61. The molecule has 19 heavy (non-hydrogen) atoms. The molecule has 1 rings (SSSR count). The number of carbonyl (C=O) groups is 2. The molecule has 0 bridgehead atoms. The van der Waals surface area contributed by atoms with E-state index in [9.17, 15) is 9.59 Å². The number of nitrogens with one attached hydrogen (secondary N) is 2. The Morgan fingerprint density at radius 3 is 2.84 bits per heavy atom. The normalized spacial score (nSPS) is 11.7. The molecule has 1 aromatic heterocycles. The van der Waals surface area contributed by atoms with E-state index in [1.54, 1.807) is 12.4 Å². The Labute approximate surface area is 112 Å². The molecule has 1 aromatic rings. The van der Waals surface area contributed by atoms with Gasteiger partial charge in [0.05, 0.1) is 7.11 Å². The topological polar surface area (TPSA) is 80.3 Å². The van der Waals surface area contributed by atoms with E-state index in [2.05, 4.69) is 20.4 Å². The molecule has 1 amide bonds. The molecule has 0 aliphatic rings. The number of rotatable bonds is 7. The number of ether oxygens (including phenoxy) is 1. The molecule has 0 aliphatic carbocycles. The highest BCUT2D eigenvalue weighted by molar-refractivity contribution is 5.83. The van der Waals surface area contributed by atoms with Crippen molar-refractivity contribution in [3.8, 4) is 0 Å². The number of pyridine rings is 1. The van der Waals surface area contributed by atoms with Gasteiger partial charge in [0.1, 0.15) is 6.04 Å². The number of hydrogen-bond donors (Lipinski definition) is 2. The highest BCUT2D eigenvalue weighted by Gasteiger charge is 2.19. The van der Waals surface area contributed by atoms with Crippen molar-refractivity contribution < 1.29 is 14.3 Å². The van der Waals surface area contributed by atoms with Gasteiger partial charge in [-0.25, -0.2) is 4.79 Å². The molecule has 0 fully saturated rings. The van der Waals surface area contributed by atoms with Crippen LogP contribution in [0.4, 0.5) is 0 Å². The highest BCUT2D eigenvalue weighted by atomic mass is 16.5. The zero-order valence-electron chi connectivity index (χ0n) is 11.2. The molecule has 2 N–H and O–H groups in total. The standard InChI is InChI=1S/C13H19N3O3/c1-10(17)16-12(13(18)19-2)9-15-7-5-11-4-3-6-14-8-11/h3-4,6,8,12,15H,5,7,9H2,1-2H3,(H,16,17). The Bertz CT molecular complexity index is 409. The summed E-state index contributed by atoms with van der Waals surface area (Å²) in [5.41, 5.74) is 1.11. The van der Waals surface area contributed by atoms with Crippen LogP contribution in [0.1, 0.15) is 12.5 Å². The van der Waals surface area contributed by atoms with Crippen LogP contribution in [0.15, 0.2) is 24.5 Å². The summed E-state index contributed by atoms with van der Waals surface area (Å²) in [6, 6.07) is 3.21. The van der Waals surface area contributed by atoms with Crippen LogP contribution in [0, 0.1) is 0 Å². The minimum Gasteiger partial charge on any atom is -0.467 e. The van der Waals surface area contributed by atoms with Crippen LogP contribution in [0.25, 0.3) is 0 Å². The lowest BCUT2D eigenvalue weighted by atomic mass is 10.2. The van der Waals surface area contributed by atoms with Gasteiger partial charge in [-0.2, -0.15) is 0 Å². The average molecular weight is 265 g/mol. The molecule has 1 atom stereocenters. The maximum absolute atomic E-state index is 11.4. The van der Waals surface area contributed by atoms with Crippen molar-refractivity contribution in [3.05, 3.63) is 30.1 Å². The lowest BCUT2D eigenvalue weighted by Crippen LogP contribution is -2.47. The van der Waals surface area contributed by atoms with Gasteiger partial charge in [-0.05, 0) is 24.6 Å². The monoisotopic (exact) mass is 265 g/mol. The summed E-state index contributed by atoms with van der Waals surface area (Å²) < 4.78 is 4.62. The second-order valence-electron chi connectivity index (χ2n) is 4.09. The first kappa shape index (κ1) is 15.1. The van der Waals surface area contributed by atoms with Crippen molar-refractivity contribution >= 4 is 11.9 Å². The molecule has 104 valence electrons. The third-order valence-corrected chi connectivity index (χ3v) is 2.52. The molecule has 0 radical (unpaired) electrons. The number of methoxy groups -OCH3 is 1. The van der Waals surface area contributed by atoms with Crippen LogP contribution in [0.5, 0.6) is 0 Å². The second kappa shape index (κ2) is 8.20. The van der Waals surface area contributed by atoms with Crippen molar-refractivity contribution in [2.24, 2.45) is 0 Å². The molecule has 0 spiro atoms. The third kappa shape index (κ3) is 5.96. The van der Waals surface area contributed by atoms with Crippen LogP contribution in [0.3, 0.4) is 0 Å². The predicted octanol–water partition coefficient (Wildman–Crippen LogP) is -0.109. The first-order valence-electron chi connectivity index (χ1n) is 6.08. The fraction of sp³-hybridized carbons (Fsp3) is 0.462. The Kier molecular flexibility index (Phi) is 6.52. The summed E-state index contributed by atoms with van der Waals surface area (Å²) in [5, 5.41) is 5.65. The van der Waals surface area contributed by atoms with Crippen LogP contribution in [0.2, 0.25) is 0 Å². The minimum absolute atomic E-state index is 0.260. The number of aromatic nitrogens is 1. The second-order valence-corrected chi connectivity index (χ2v) is 4.09. The van der Waals surface area contributed by atoms with E-state index >= 15 is 0 Å². The van der Waals surface area contributed by atoms with E-state index in [-0.39, 0.29) is 5.91 Å². The van der Waals surface area contributed by atoms with Gasteiger partial charge >= 0.3 is 5.97 Å². The summed E-state index contributed by atoms with van der Waals surface area (Å²) in [7, 11) is 1.30. The first-order chi connectivity index (χ1) is 9.13. The van der Waals surface area contributed by atoms with E-state index in [4.69, 9.17) is 0 Å². The first-order valence-corrected chi connectivity index (χ1v) is 6.08. The number of carbonyl (C=O) groups excluding carboxylic acids is 2. The average Bonchev–Trinajstić information content (AvgIpc) is 2.42. The fourth-order valence-corrected chi connectivity index (χ4v) is 1.61. The molecule has 6 nitrogen and oxygen atoms in total. The van der Waals surface area contributed by atoms with Crippen molar-refractivity contribution in [2.45, 2.75) is 19.4 Å². The van der Waals surface area contributed by atoms with E-state index < -0.39 is 12.0 Å². The van der Waals surface area contributed by atoms with Gasteiger partial charge in [0, 0.05) is 25.9 Å². The van der Waals surface area contributed by atoms with Gasteiger partial charge in [0.15, 0.2) is 0 Å². The van der Waals surface area contributed by atoms with Gasteiger partial charge in [-0.15, -0.1) is 0 Å². The van der Waals surface area contributed by atoms with Gasteiger partial charge in [0.2, 0.25) is 5.91 Å². The van der Waals surface area contributed by atoms with Gasteiger partial charge in [-0.3, -0.25) is 9.78 Å². The maximum atomic E-state index is 11.4. The van der Waals surface area contributed by atoms with Gasteiger partial charge in [-0.1, -0.05) is 6.07 Å². The summed E-state index contributed by atoms with van der Waals surface area (Å²) in [6.07, 6.45) is 4.33. The molecule has 1 unspecified atom stereocenters. The van der Waals surface area contributed by atoms with Crippen molar-refractivity contribution in [2.75, 3.05) is 20.2 Å². The zero-order valence-corrected chi connectivity index (χ0v) is 11.2. The molecular weight excluding hydrogens is 246 g/mol. The van der Waals surface area contributed by atoms with Crippen molar-refractivity contribution in [3.63, 3.8) is 0 Å². The van der Waals surface area contributed by atoms with Gasteiger partial charge < -0.3 is 15.4 Å². The largest absolute Gasteiger partial charge is 0.467 e. The minimum atomic E-state index is -0.656. The Morgan fingerprint density at radius 1 is 1.47 bits per heavy atom. The van der Waals surface area contributed by atoms with E-state index in [1.165, 1.54) is 14.0 Å². The van der Waals surface area contributed by atoms with Crippen molar-refractivity contribution in [1.82, 2.24) is 15.6 Å². The smallest absolute Gasteiger partial charge is 0.329 e. The molecule has 0 saturated heterocycles. The summed E-state index contributed by atoms with van der Waals surface area (Å²) >= 11 is 0. The molecular formula is C13H19N3O3. The van der Waals surface area contributed by atoms with E-state index in [0.29, 0.717) is 13.1 Å².